The molecule has 0 aliphatic heterocycles. The molecule has 0 saturated carbocycles. The fraction of sp³-hybridized carbons (Fsp3) is 0.421. The van der Waals surface area contributed by atoms with Crippen molar-refractivity contribution in [2.24, 2.45) is 5.92 Å². The number of carbonyl (C=O) groups is 1. The molecule has 3 aromatic heterocycles. The van der Waals surface area contributed by atoms with Crippen molar-refractivity contribution in [3.8, 4) is 0 Å². The summed E-state index contributed by atoms with van der Waals surface area (Å²) in [7, 11) is 0. The number of aryl methyl sites for hydroxylation is 1. The SMILES string of the molecule is CC(C)CCNC(=O)CSc1nc2ccsc2c(=O)n1CCc1cccs1. The Bertz CT molecular complexity index is 945. The molecule has 0 aliphatic rings. The molecule has 27 heavy (non-hydrogen) atoms. The maximum atomic E-state index is 12.9. The first-order valence-corrected chi connectivity index (χ1v) is 11.7. The van der Waals surface area contributed by atoms with Crippen molar-refractivity contribution in [1.29, 1.82) is 0 Å². The summed E-state index contributed by atoms with van der Waals surface area (Å²) in [6.07, 6.45) is 1.74. The average molecular weight is 422 g/mol. The van der Waals surface area contributed by atoms with E-state index in [0.717, 1.165) is 12.8 Å². The van der Waals surface area contributed by atoms with Crippen molar-refractivity contribution >= 4 is 50.6 Å². The second kappa shape index (κ2) is 9.52. The van der Waals surface area contributed by atoms with Gasteiger partial charge in [0, 0.05) is 18.0 Å². The zero-order valence-corrected chi connectivity index (χ0v) is 17.9. The van der Waals surface area contributed by atoms with Gasteiger partial charge in [-0.2, -0.15) is 0 Å². The zero-order chi connectivity index (χ0) is 19.2. The summed E-state index contributed by atoms with van der Waals surface area (Å²) in [5.74, 6) is 0.798. The number of fused-ring (bicyclic) bond motifs is 1. The molecule has 0 bridgehead atoms. The number of carbonyl (C=O) groups excluding carboxylic acids is 1. The highest BCUT2D eigenvalue weighted by Gasteiger charge is 2.14. The lowest BCUT2D eigenvalue weighted by atomic mass is 10.1. The lowest BCUT2D eigenvalue weighted by Gasteiger charge is -2.12. The molecule has 0 atom stereocenters. The third-order valence-electron chi connectivity index (χ3n) is 4.07. The lowest BCUT2D eigenvalue weighted by molar-refractivity contribution is -0.118. The standard InChI is InChI=1S/C19H23N3O2S3/c1-13(2)5-8-20-16(23)12-27-19-21-15-7-11-26-17(15)18(24)22(19)9-6-14-4-3-10-25-14/h3-4,7,10-11,13H,5-6,8-9,12H2,1-2H3,(H,20,23). The van der Waals surface area contributed by atoms with Crippen LogP contribution in [0.5, 0.6) is 0 Å². The van der Waals surface area contributed by atoms with Gasteiger partial charge >= 0.3 is 0 Å². The van der Waals surface area contributed by atoms with Crippen molar-refractivity contribution in [3.63, 3.8) is 0 Å². The Morgan fingerprint density at radius 3 is 2.89 bits per heavy atom. The van der Waals surface area contributed by atoms with Crippen LogP contribution in [0.3, 0.4) is 0 Å². The first-order valence-electron chi connectivity index (χ1n) is 8.94. The molecule has 3 aromatic rings. The van der Waals surface area contributed by atoms with Gasteiger partial charge in [0.15, 0.2) is 5.16 Å². The van der Waals surface area contributed by atoms with Gasteiger partial charge in [0.2, 0.25) is 5.91 Å². The molecule has 0 spiro atoms. The highest BCUT2D eigenvalue weighted by Crippen LogP contribution is 2.21. The van der Waals surface area contributed by atoms with E-state index in [2.05, 4.69) is 30.2 Å². The summed E-state index contributed by atoms with van der Waals surface area (Å²) in [4.78, 5) is 30.9. The molecule has 0 aliphatic carbocycles. The van der Waals surface area contributed by atoms with E-state index in [1.165, 1.54) is 28.0 Å². The minimum absolute atomic E-state index is 0.0192. The normalized spacial score (nSPS) is 11.4. The molecule has 144 valence electrons. The molecule has 0 fully saturated rings. The number of hydrogen-bond acceptors (Lipinski definition) is 6. The summed E-state index contributed by atoms with van der Waals surface area (Å²) in [5.41, 5.74) is 0.689. The molecule has 3 rings (SSSR count). The van der Waals surface area contributed by atoms with Crippen molar-refractivity contribution in [3.05, 3.63) is 44.2 Å². The van der Waals surface area contributed by atoms with Gasteiger partial charge in [-0.25, -0.2) is 4.98 Å². The van der Waals surface area contributed by atoms with E-state index >= 15 is 0 Å². The molecule has 0 radical (unpaired) electrons. The minimum Gasteiger partial charge on any atom is -0.355 e. The molecule has 8 heteroatoms. The number of amides is 1. The molecule has 0 aromatic carbocycles. The molecule has 1 amide bonds. The number of thiophene rings is 2. The fourth-order valence-corrected chi connectivity index (χ4v) is 4.92. The third kappa shape index (κ3) is 5.43. The maximum Gasteiger partial charge on any atom is 0.272 e. The van der Waals surface area contributed by atoms with Crippen LogP contribution in [0.1, 0.15) is 25.1 Å². The first kappa shape index (κ1) is 20.1. The molecule has 3 heterocycles. The van der Waals surface area contributed by atoms with Crippen molar-refractivity contribution in [1.82, 2.24) is 14.9 Å². The van der Waals surface area contributed by atoms with E-state index in [1.54, 1.807) is 15.9 Å². The summed E-state index contributed by atoms with van der Waals surface area (Å²) < 4.78 is 2.39. The lowest BCUT2D eigenvalue weighted by Crippen LogP contribution is -2.28. The van der Waals surface area contributed by atoms with Gasteiger partial charge in [0.05, 0.1) is 11.3 Å². The predicted molar refractivity (Wildman–Crippen MR) is 115 cm³/mol. The van der Waals surface area contributed by atoms with Crippen LogP contribution in [0.15, 0.2) is 38.9 Å². The monoisotopic (exact) mass is 421 g/mol. The van der Waals surface area contributed by atoms with Gasteiger partial charge < -0.3 is 5.32 Å². The van der Waals surface area contributed by atoms with Crippen LogP contribution in [-0.2, 0) is 17.8 Å². The second-order valence-electron chi connectivity index (χ2n) is 6.64. The van der Waals surface area contributed by atoms with Crippen LogP contribution in [0.2, 0.25) is 0 Å². The number of rotatable bonds is 9. The Kier molecular flexibility index (Phi) is 7.09. The predicted octanol–water partition coefficient (Wildman–Crippen LogP) is 4.02. The van der Waals surface area contributed by atoms with E-state index in [-0.39, 0.29) is 17.2 Å². The van der Waals surface area contributed by atoms with Gasteiger partial charge in [-0.15, -0.1) is 22.7 Å². The van der Waals surface area contributed by atoms with Crippen LogP contribution in [0.4, 0.5) is 0 Å². The molecular weight excluding hydrogens is 398 g/mol. The fourth-order valence-electron chi connectivity index (χ4n) is 2.59. The second-order valence-corrected chi connectivity index (χ2v) is 9.53. The van der Waals surface area contributed by atoms with Crippen LogP contribution < -0.4 is 10.9 Å². The third-order valence-corrected chi connectivity index (χ3v) is 6.87. The van der Waals surface area contributed by atoms with E-state index in [0.29, 0.717) is 34.4 Å². The van der Waals surface area contributed by atoms with Crippen LogP contribution in [-0.4, -0.2) is 27.8 Å². The summed E-state index contributed by atoms with van der Waals surface area (Å²) in [6, 6.07) is 5.94. The van der Waals surface area contributed by atoms with Gasteiger partial charge in [-0.3, -0.25) is 14.2 Å². The van der Waals surface area contributed by atoms with Crippen molar-refractivity contribution in [2.45, 2.75) is 38.4 Å². The molecule has 0 saturated heterocycles. The number of nitrogens with one attached hydrogen (secondary N) is 1. The number of thioether (sulfide) groups is 1. The number of nitrogens with zero attached hydrogens (tertiary/aromatic N) is 2. The van der Waals surface area contributed by atoms with E-state index in [9.17, 15) is 9.59 Å². The Labute approximate surface area is 170 Å². The Morgan fingerprint density at radius 2 is 2.15 bits per heavy atom. The Morgan fingerprint density at radius 1 is 1.30 bits per heavy atom. The molecular formula is C19H23N3O2S3. The van der Waals surface area contributed by atoms with Crippen molar-refractivity contribution in [2.75, 3.05) is 12.3 Å². The highest BCUT2D eigenvalue weighted by molar-refractivity contribution is 7.99. The molecule has 5 nitrogen and oxygen atoms in total. The van der Waals surface area contributed by atoms with Gasteiger partial charge in [-0.1, -0.05) is 31.7 Å². The van der Waals surface area contributed by atoms with E-state index in [4.69, 9.17) is 0 Å². The summed E-state index contributed by atoms with van der Waals surface area (Å²) >= 11 is 4.43. The molecule has 0 unspecified atom stereocenters. The first-order chi connectivity index (χ1) is 13.0. The number of hydrogen-bond donors (Lipinski definition) is 1. The summed E-state index contributed by atoms with van der Waals surface area (Å²) in [5, 5.41) is 7.47. The van der Waals surface area contributed by atoms with Gasteiger partial charge in [0.25, 0.3) is 5.56 Å². The van der Waals surface area contributed by atoms with Gasteiger partial charge in [-0.05, 0) is 41.7 Å². The zero-order valence-electron chi connectivity index (χ0n) is 15.4. The smallest absolute Gasteiger partial charge is 0.272 e. The largest absolute Gasteiger partial charge is 0.355 e. The van der Waals surface area contributed by atoms with Crippen LogP contribution in [0, 0.1) is 5.92 Å². The maximum absolute atomic E-state index is 12.9. The van der Waals surface area contributed by atoms with Crippen LogP contribution in [0.25, 0.3) is 10.2 Å². The average Bonchev–Trinajstić information content (AvgIpc) is 3.30. The summed E-state index contributed by atoms with van der Waals surface area (Å²) in [6.45, 7) is 5.51. The minimum atomic E-state index is -0.0230. The van der Waals surface area contributed by atoms with Gasteiger partial charge in [0.1, 0.15) is 4.70 Å². The van der Waals surface area contributed by atoms with Crippen molar-refractivity contribution < 1.29 is 4.79 Å². The molecule has 1 N–H and O–H groups in total. The Hall–Kier alpha value is -1.64. The quantitative estimate of drug-likeness (QED) is 0.419. The Balaban J connectivity index is 1.73. The number of aromatic nitrogens is 2. The topological polar surface area (TPSA) is 64.0 Å². The van der Waals surface area contributed by atoms with E-state index in [1.807, 2.05) is 22.9 Å². The van der Waals surface area contributed by atoms with E-state index < -0.39 is 0 Å². The van der Waals surface area contributed by atoms with Crippen LogP contribution >= 0.6 is 34.4 Å². The highest BCUT2D eigenvalue weighted by atomic mass is 32.2.